The highest BCUT2D eigenvalue weighted by Gasteiger charge is 2.40. The van der Waals surface area contributed by atoms with Crippen LogP contribution in [0, 0.1) is 5.82 Å². The maximum Gasteiger partial charge on any atom is 0.573 e. The molecular formula is C32H30F4N6O2S. The summed E-state index contributed by atoms with van der Waals surface area (Å²) in [5.41, 5.74) is 4.14. The molecule has 0 radical (unpaired) electrons. The minimum atomic E-state index is -4.76. The van der Waals surface area contributed by atoms with Crippen LogP contribution < -0.4 is 15.0 Å². The lowest BCUT2D eigenvalue weighted by Gasteiger charge is -2.32. The van der Waals surface area contributed by atoms with Gasteiger partial charge in [-0.3, -0.25) is 0 Å². The van der Waals surface area contributed by atoms with Gasteiger partial charge in [-0.2, -0.15) is 4.99 Å². The Balaban J connectivity index is 1.07. The van der Waals surface area contributed by atoms with Crippen LogP contribution >= 0.6 is 11.8 Å². The van der Waals surface area contributed by atoms with Gasteiger partial charge < -0.3 is 15.0 Å². The number of amidine groups is 1. The molecule has 45 heavy (non-hydrogen) atoms. The van der Waals surface area contributed by atoms with E-state index in [4.69, 9.17) is 0 Å². The van der Waals surface area contributed by atoms with Crippen molar-refractivity contribution in [1.82, 2.24) is 20.1 Å². The Labute approximate surface area is 261 Å². The Morgan fingerprint density at radius 3 is 2.56 bits per heavy atom. The Bertz CT molecular complexity index is 1710. The summed E-state index contributed by atoms with van der Waals surface area (Å²) in [6, 6.07) is 17.4. The van der Waals surface area contributed by atoms with E-state index in [9.17, 15) is 22.4 Å². The fraction of sp³-hybridized carbons (Fsp3) is 0.312. The number of aromatic nitrogens is 3. The van der Waals surface area contributed by atoms with Gasteiger partial charge in [0.2, 0.25) is 0 Å². The zero-order chi connectivity index (χ0) is 31.7. The lowest BCUT2D eigenvalue weighted by atomic mass is 10.00. The quantitative estimate of drug-likeness (QED) is 0.209. The number of rotatable bonds is 7. The van der Waals surface area contributed by atoms with Crippen LogP contribution in [0.4, 0.5) is 28.0 Å². The predicted octanol–water partition coefficient (Wildman–Crippen LogP) is 7.66. The molecule has 8 nitrogen and oxygen atoms in total. The number of hydrogen-bond acceptors (Lipinski definition) is 5. The van der Waals surface area contributed by atoms with Crippen LogP contribution in [0.5, 0.6) is 5.75 Å². The number of thioether (sulfide) groups is 1. The molecule has 2 heterocycles. The van der Waals surface area contributed by atoms with Crippen molar-refractivity contribution in [3.8, 4) is 22.8 Å². The fourth-order valence-corrected chi connectivity index (χ4v) is 6.26. The molecule has 2 unspecified atom stereocenters. The van der Waals surface area contributed by atoms with E-state index in [2.05, 4.69) is 25.1 Å². The van der Waals surface area contributed by atoms with Crippen molar-refractivity contribution in [3.63, 3.8) is 0 Å². The van der Waals surface area contributed by atoms with Crippen LogP contribution in [-0.4, -0.2) is 50.7 Å². The highest BCUT2D eigenvalue weighted by atomic mass is 32.2. The zero-order valence-electron chi connectivity index (χ0n) is 24.5. The van der Waals surface area contributed by atoms with Crippen LogP contribution in [0.2, 0.25) is 0 Å². The first-order valence-electron chi connectivity index (χ1n) is 14.5. The molecule has 1 aromatic heterocycles. The fourth-order valence-electron chi connectivity index (χ4n) is 5.31. The van der Waals surface area contributed by atoms with E-state index in [1.54, 1.807) is 12.1 Å². The van der Waals surface area contributed by atoms with Crippen LogP contribution in [0.3, 0.4) is 0 Å². The molecule has 13 heteroatoms. The second kappa shape index (κ2) is 12.5. The Morgan fingerprint density at radius 1 is 1.09 bits per heavy atom. The predicted molar refractivity (Wildman–Crippen MR) is 166 cm³/mol. The van der Waals surface area contributed by atoms with E-state index < -0.39 is 12.4 Å². The van der Waals surface area contributed by atoms with Gasteiger partial charge in [0, 0.05) is 35.5 Å². The summed E-state index contributed by atoms with van der Waals surface area (Å²) in [7, 11) is 0. The van der Waals surface area contributed by atoms with Crippen molar-refractivity contribution < 1.29 is 27.1 Å². The third-order valence-corrected chi connectivity index (χ3v) is 8.67. The van der Waals surface area contributed by atoms with Crippen LogP contribution in [0.1, 0.15) is 49.7 Å². The average molecular weight is 639 g/mol. The largest absolute Gasteiger partial charge is 0.573 e. The van der Waals surface area contributed by atoms with Gasteiger partial charge >= 0.3 is 12.4 Å². The van der Waals surface area contributed by atoms with Gasteiger partial charge in [0.05, 0.1) is 5.69 Å². The maximum absolute atomic E-state index is 14.0. The number of nitrogens with zero attached hydrogens (tertiary/aromatic N) is 5. The molecule has 1 aliphatic heterocycles. The summed E-state index contributed by atoms with van der Waals surface area (Å²) in [4.78, 5) is 23.7. The van der Waals surface area contributed by atoms with Crippen molar-refractivity contribution in [1.29, 1.82) is 0 Å². The molecule has 1 saturated carbocycles. The van der Waals surface area contributed by atoms with Crippen molar-refractivity contribution in [2.75, 3.05) is 17.2 Å². The van der Waals surface area contributed by atoms with Gasteiger partial charge in [-0.25, -0.2) is 18.9 Å². The Morgan fingerprint density at radius 2 is 1.84 bits per heavy atom. The number of halogens is 4. The van der Waals surface area contributed by atoms with Gasteiger partial charge in [0.25, 0.3) is 0 Å². The number of ether oxygens (including phenoxy) is 1. The van der Waals surface area contributed by atoms with Crippen LogP contribution in [0.25, 0.3) is 17.1 Å². The molecule has 1 aliphatic carbocycles. The van der Waals surface area contributed by atoms with Crippen molar-refractivity contribution in [2.24, 2.45) is 4.99 Å². The lowest BCUT2D eigenvalue weighted by Crippen LogP contribution is -2.36. The topological polar surface area (TPSA) is 84.6 Å². The minimum absolute atomic E-state index is 0.0339. The Kier molecular flexibility index (Phi) is 8.54. The molecule has 2 atom stereocenters. The molecule has 234 valence electrons. The molecule has 0 bridgehead atoms. The summed E-state index contributed by atoms with van der Waals surface area (Å²) < 4.78 is 56.6. The van der Waals surface area contributed by atoms with Gasteiger partial charge in [-0.05, 0) is 72.4 Å². The van der Waals surface area contributed by atoms with Gasteiger partial charge in [0.1, 0.15) is 17.9 Å². The first kappa shape index (κ1) is 30.6. The lowest BCUT2D eigenvalue weighted by molar-refractivity contribution is -0.274. The summed E-state index contributed by atoms with van der Waals surface area (Å²) >= 11 is 1.53. The third-order valence-electron chi connectivity index (χ3n) is 7.61. The average Bonchev–Trinajstić information content (AvgIpc) is 3.58. The number of aliphatic imine (C=N–C) groups is 1. The second-order valence-electron chi connectivity index (χ2n) is 11.2. The summed E-state index contributed by atoms with van der Waals surface area (Å²) in [6.07, 6.45) is -1.54. The molecule has 2 fully saturated rings. The van der Waals surface area contributed by atoms with E-state index >= 15 is 0 Å². The van der Waals surface area contributed by atoms with Crippen molar-refractivity contribution in [2.45, 2.75) is 50.9 Å². The second-order valence-corrected chi connectivity index (χ2v) is 12.2. The molecule has 4 aromatic rings. The number of urea groups is 1. The number of carbonyl (C=O) groups is 1. The molecule has 2 aliphatic rings. The van der Waals surface area contributed by atoms with E-state index in [1.807, 2.05) is 43.0 Å². The van der Waals surface area contributed by atoms with E-state index in [-0.39, 0.29) is 29.4 Å². The normalized spacial score (nSPS) is 19.2. The summed E-state index contributed by atoms with van der Waals surface area (Å²) in [5, 5.41) is 8.09. The zero-order valence-corrected chi connectivity index (χ0v) is 25.3. The molecule has 3 aromatic carbocycles. The summed E-state index contributed by atoms with van der Waals surface area (Å²) in [5.74, 6) is 0.995. The number of alkyl halides is 3. The number of nitrogens with one attached hydrogen (secondary N) is 1. The maximum atomic E-state index is 14.0. The SMILES string of the molecule is CC(C)c1cc(F)ccc1N1CCCSC1=NC(=O)NC1CC1c1ccc(-c2ncn(-c3ccc(OC(F)(F)F)cc3)n2)cc1. The van der Waals surface area contributed by atoms with Gasteiger partial charge in [-0.1, -0.05) is 49.9 Å². The van der Waals surface area contributed by atoms with Gasteiger partial charge in [-0.15, -0.1) is 18.3 Å². The van der Waals surface area contributed by atoms with E-state index in [0.717, 1.165) is 41.0 Å². The molecule has 2 amide bonds. The molecule has 0 spiro atoms. The summed E-state index contributed by atoms with van der Waals surface area (Å²) in [6.45, 7) is 4.74. The highest BCUT2D eigenvalue weighted by molar-refractivity contribution is 8.14. The number of anilines is 1. The first-order valence-corrected chi connectivity index (χ1v) is 15.5. The van der Waals surface area contributed by atoms with Crippen LogP contribution in [0.15, 0.2) is 78.0 Å². The number of amides is 2. The molecular weight excluding hydrogens is 608 g/mol. The smallest absolute Gasteiger partial charge is 0.406 e. The number of hydrogen-bond donors (Lipinski definition) is 1. The minimum Gasteiger partial charge on any atom is -0.406 e. The monoisotopic (exact) mass is 638 g/mol. The van der Waals surface area contributed by atoms with Gasteiger partial charge in [0.15, 0.2) is 11.0 Å². The van der Waals surface area contributed by atoms with Crippen molar-refractivity contribution >= 4 is 28.6 Å². The number of benzene rings is 3. The molecule has 1 N–H and O–H groups in total. The Hall–Kier alpha value is -4.39. The van der Waals surface area contributed by atoms with E-state index in [0.29, 0.717) is 23.2 Å². The van der Waals surface area contributed by atoms with E-state index in [1.165, 1.54) is 53.1 Å². The molecule has 6 rings (SSSR count). The standard InChI is InChI=1S/C32H30F4N6O2S/c1-19(2)25-16-22(33)8-13-28(25)41-14-3-15-45-31(41)39-30(43)38-27-17-26(27)20-4-6-21(7-5-20)29-37-18-42(40-29)23-9-11-24(12-10-23)44-32(34,35)36/h4-13,16,18-19,26-27H,3,14-15,17H2,1-2H3,(H,38,43). The number of carbonyl (C=O) groups excluding carboxylic acids is 1. The molecule has 1 saturated heterocycles. The van der Waals surface area contributed by atoms with Crippen molar-refractivity contribution in [3.05, 3.63) is 90.0 Å². The first-order chi connectivity index (χ1) is 21.5. The van der Waals surface area contributed by atoms with Crippen LogP contribution in [-0.2, 0) is 0 Å². The highest BCUT2D eigenvalue weighted by Crippen LogP contribution is 2.41. The third kappa shape index (κ3) is 7.30.